The number of phenolic OH excluding ortho intramolecular Hbond substituents is 2. The molecule has 0 saturated heterocycles. The van der Waals surface area contributed by atoms with Crippen molar-refractivity contribution in [1.82, 2.24) is 0 Å². The molecule has 0 aliphatic carbocycles. The maximum absolute atomic E-state index is 13.2. The number of hydrogen-bond acceptors (Lipinski definition) is 22. The summed E-state index contributed by atoms with van der Waals surface area (Å²) >= 11 is -3.04. The van der Waals surface area contributed by atoms with E-state index in [9.17, 15) is 95.7 Å². The number of anilines is 1. The minimum Gasteiger partial charge on any atom is -0.505 e. The van der Waals surface area contributed by atoms with Gasteiger partial charge in [-0.05, 0) is 66.0 Å². The van der Waals surface area contributed by atoms with E-state index < -0.39 is 155 Å². The van der Waals surface area contributed by atoms with Crippen LogP contribution in [0, 0.1) is 10.1 Å². The van der Waals surface area contributed by atoms with E-state index in [2.05, 4.69) is 35.8 Å². The Labute approximate surface area is 374 Å². The number of amides is 1. The Bertz CT molecular complexity index is 3620. The molecule has 67 heavy (non-hydrogen) atoms. The number of carbonyl (C=O) groups excluding carboxylic acids is 1. The molecule has 0 fully saturated rings. The van der Waals surface area contributed by atoms with Gasteiger partial charge in [0.05, 0.1) is 31.5 Å². The van der Waals surface area contributed by atoms with E-state index in [0.29, 0.717) is 35.3 Å². The van der Waals surface area contributed by atoms with Gasteiger partial charge in [0.25, 0.3) is 52.1 Å². The number of nitrogens with zero attached hydrogens (tertiary/aromatic N) is 9. The Morgan fingerprint density at radius 2 is 1.22 bits per heavy atom. The van der Waals surface area contributed by atoms with E-state index in [0.717, 1.165) is 42.5 Å². The van der Waals surface area contributed by atoms with Crippen LogP contribution in [0.4, 0.5) is 39.8 Å². The summed E-state index contributed by atoms with van der Waals surface area (Å²) < 4.78 is 158. The van der Waals surface area contributed by atoms with Gasteiger partial charge in [-0.2, -0.15) is 54.0 Å². The average Bonchev–Trinajstić information content (AvgIpc) is 3.56. The van der Waals surface area contributed by atoms with E-state index in [4.69, 9.17) is 0 Å². The third kappa shape index (κ3) is 10.2. The standard InChI is InChI=1S/C32H21N9O21S5/c42-29-24-13(10-23(67(60,61)62)26(30(24)43)37-35-19-8-4-16(41(47)48)12-21(19)65(54,55)56)9-22(66(57,58)59)25(29)36-34-18-7-1-14(11-20(18)63(49)50)33-38-27-28(32(45)46)39-40(31(27)44)15-2-5-17(6-3-15)64(51,52)53/h1-12,27,42-43H,(H,45,46)(H,49,50)(H,51,52,53)(H,54,55,56)(H,57,58,59)(H,60,61,62). The molecule has 1 heterocycles. The molecule has 6 rings (SSSR count). The number of rotatable bonds is 14. The number of azo groups is 3. The van der Waals surface area contributed by atoms with Gasteiger partial charge in [0.15, 0.2) is 28.3 Å². The van der Waals surface area contributed by atoms with Gasteiger partial charge in [-0.3, -0.25) is 33.1 Å². The monoisotopic (exact) mass is 1030 g/mol. The molecule has 0 spiro atoms. The molecular weight excluding hydrogens is 1010 g/mol. The summed E-state index contributed by atoms with van der Waals surface area (Å²) in [6.45, 7) is 0. The van der Waals surface area contributed by atoms with Crippen molar-refractivity contribution in [2.24, 2.45) is 35.8 Å². The van der Waals surface area contributed by atoms with Crippen LogP contribution in [0.3, 0.4) is 0 Å². The lowest BCUT2D eigenvalue weighted by Gasteiger charge is -2.13. The van der Waals surface area contributed by atoms with Crippen molar-refractivity contribution in [3.05, 3.63) is 82.9 Å². The second-order valence-electron chi connectivity index (χ2n) is 12.9. The summed E-state index contributed by atoms with van der Waals surface area (Å²) in [7, 11) is -21.0. The predicted octanol–water partition coefficient (Wildman–Crippen LogP) is 4.50. The molecule has 8 N–H and O–H groups in total. The van der Waals surface area contributed by atoms with Crippen LogP contribution in [0.1, 0.15) is 0 Å². The fraction of sp³-hybridized carbons (Fsp3) is 0.0312. The van der Waals surface area contributed by atoms with Crippen LogP contribution in [0.15, 0.2) is 133 Å². The van der Waals surface area contributed by atoms with Gasteiger partial charge < -0.3 is 19.9 Å². The number of fused-ring (bicyclic) bond motifs is 1. The van der Waals surface area contributed by atoms with Crippen LogP contribution < -0.4 is 5.01 Å². The number of carbonyl (C=O) groups is 2. The Morgan fingerprint density at radius 1 is 0.701 bits per heavy atom. The van der Waals surface area contributed by atoms with Gasteiger partial charge in [-0.25, -0.2) is 9.00 Å². The smallest absolute Gasteiger partial charge is 0.355 e. The van der Waals surface area contributed by atoms with E-state index in [1.807, 2.05) is 0 Å². The van der Waals surface area contributed by atoms with E-state index in [1.54, 1.807) is 0 Å². The third-order valence-electron chi connectivity index (χ3n) is 8.68. The van der Waals surface area contributed by atoms with Crippen molar-refractivity contribution >= 4 is 120 Å². The number of phenols is 2. The van der Waals surface area contributed by atoms with Gasteiger partial charge in [0.1, 0.15) is 37.4 Å². The first-order valence-electron chi connectivity index (χ1n) is 17.0. The fourth-order valence-electron chi connectivity index (χ4n) is 5.73. The highest BCUT2D eigenvalue weighted by Crippen LogP contribution is 2.50. The van der Waals surface area contributed by atoms with Crippen molar-refractivity contribution in [3.8, 4) is 11.5 Å². The van der Waals surface area contributed by atoms with Crippen LogP contribution in [-0.2, 0) is 61.1 Å². The second kappa shape index (κ2) is 17.7. The second-order valence-corrected chi connectivity index (χ2v) is 19.4. The van der Waals surface area contributed by atoms with Crippen molar-refractivity contribution in [2.45, 2.75) is 30.5 Å². The maximum atomic E-state index is 13.2. The van der Waals surface area contributed by atoms with E-state index in [1.165, 1.54) is 0 Å². The van der Waals surface area contributed by atoms with Gasteiger partial charge in [0, 0.05) is 12.1 Å². The number of carboxylic acid groups (broad SMARTS) is 1. The molecule has 2 unspecified atom stereocenters. The summed E-state index contributed by atoms with van der Waals surface area (Å²) in [6, 6.07) is 6.97. The summed E-state index contributed by atoms with van der Waals surface area (Å²) in [4.78, 5) is 29.9. The average molecular weight is 1030 g/mol. The Hall–Kier alpha value is -7.48. The molecule has 30 nitrogen and oxygen atoms in total. The van der Waals surface area contributed by atoms with Crippen molar-refractivity contribution < 1.29 is 90.5 Å². The highest BCUT2D eigenvalue weighted by Gasteiger charge is 2.41. The largest absolute Gasteiger partial charge is 0.505 e. The summed E-state index contributed by atoms with van der Waals surface area (Å²) in [5, 5.41) is 67.2. The topological polar surface area (TPSA) is 483 Å². The van der Waals surface area contributed by atoms with Crippen LogP contribution in [0.5, 0.6) is 11.5 Å². The number of non-ortho nitro benzene ring substituents is 1. The zero-order valence-corrected chi connectivity index (χ0v) is 36.0. The number of nitro benzene ring substituents is 1. The molecule has 0 bridgehead atoms. The van der Waals surface area contributed by atoms with Crippen molar-refractivity contribution in [1.29, 1.82) is 0 Å². The molecule has 35 heteroatoms. The first-order valence-corrected chi connectivity index (χ1v) is 23.8. The lowest BCUT2D eigenvalue weighted by Crippen LogP contribution is -2.33. The lowest BCUT2D eigenvalue weighted by molar-refractivity contribution is -0.385. The number of hydrazone groups is 1. The first-order chi connectivity index (χ1) is 31.0. The molecule has 5 aromatic carbocycles. The van der Waals surface area contributed by atoms with Crippen LogP contribution in [0.2, 0.25) is 0 Å². The zero-order chi connectivity index (χ0) is 49.7. The normalized spacial score (nSPS) is 15.5. The predicted molar refractivity (Wildman–Crippen MR) is 221 cm³/mol. The highest BCUT2D eigenvalue weighted by molar-refractivity contribution is 7.86. The maximum Gasteiger partial charge on any atom is 0.355 e. The quantitative estimate of drug-likeness (QED) is 0.0249. The number of carboxylic acids is 1. The zero-order valence-electron chi connectivity index (χ0n) is 32.0. The number of hydrogen-bond donors (Lipinski definition) is 8. The molecule has 350 valence electrons. The van der Waals surface area contributed by atoms with Gasteiger partial charge in [-0.15, -0.1) is 20.5 Å². The molecule has 1 amide bonds. The van der Waals surface area contributed by atoms with Crippen LogP contribution >= 0.6 is 0 Å². The minimum absolute atomic E-state index is 0.156. The van der Waals surface area contributed by atoms with Gasteiger partial charge in [0.2, 0.25) is 6.04 Å². The molecular formula is C32H21N9O21S5. The Balaban J connectivity index is 1.42. The molecule has 0 aromatic heterocycles. The SMILES string of the molecule is O=C(O)C1=NN(c2ccc(S(=O)(=O)O)cc2)C(=O)C1N=Nc1ccc(N=Nc2c(S(=O)(=O)O)cc3cc(S(=O)(=O)O)c(N=Nc4ccc([N+](=O)[O-])cc4S(=O)(=O)O)c(O)c3c2O)c(S(=O)O)c1. The highest BCUT2D eigenvalue weighted by atomic mass is 32.2. The number of aromatic hydroxyl groups is 2. The minimum atomic E-state index is -5.53. The Morgan fingerprint density at radius 3 is 1.70 bits per heavy atom. The molecule has 5 aromatic rings. The van der Waals surface area contributed by atoms with Crippen LogP contribution in [-0.4, -0.2) is 105 Å². The van der Waals surface area contributed by atoms with Crippen molar-refractivity contribution in [2.75, 3.05) is 5.01 Å². The number of benzene rings is 5. The lowest BCUT2D eigenvalue weighted by atomic mass is 10.1. The molecule has 2 atom stereocenters. The summed E-state index contributed by atoms with van der Waals surface area (Å²) in [6.07, 6.45) is 0. The Kier molecular flexibility index (Phi) is 13.0. The van der Waals surface area contributed by atoms with Gasteiger partial charge in [-0.1, -0.05) is 0 Å². The molecule has 0 saturated carbocycles. The van der Waals surface area contributed by atoms with E-state index >= 15 is 0 Å². The van der Waals surface area contributed by atoms with E-state index in [-0.39, 0.29) is 11.4 Å². The summed E-state index contributed by atoms with van der Waals surface area (Å²) in [5.41, 5.74) is -6.36. The number of nitro groups is 1. The third-order valence-corrected chi connectivity index (χ3v) is 12.9. The van der Waals surface area contributed by atoms with Crippen molar-refractivity contribution in [3.63, 3.8) is 0 Å². The summed E-state index contributed by atoms with van der Waals surface area (Å²) in [5.74, 6) is -5.78. The molecule has 1 aliphatic heterocycles. The van der Waals surface area contributed by atoms with Gasteiger partial charge >= 0.3 is 5.97 Å². The molecule has 0 radical (unpaired) electrons. The fourth-order valence-corrected chi connectivity index (χ4v) is 8.67. The molecule has 1 aliphatic rings. The van der Waals surface area contributed by atoms with Crippen LogP contribution in [0.25, 0.3) is 10.8 Å². The number of aliphatic carboxylic acids is 1. The first kappa shape index (κ1) is 49.0.